The SMILES string of the molecule is C[Si]1(C)C2=CC(=[N+]3CCC3)C=CC2=C(c2cc(C(=O)NCc3ccc(-c4nncnn4)cc3)ccc2C(=O)O)c2ccc(N3CCC3)cc21. The van der Waals surface area contributed by atoms with E-state index in [4.69, 9.17) is 0 Å². The number of hydrogen-bond acceptors (Lipinski definition) is 7. The van der Waals surface area contributed by atoms with Crippen molar-refractivity contribution < 1.29 is 19.3 Å². The number of amides is 1. The number of fused-ring (bicyclic) bond motifs is 2. The molecule has 0 atom stereocenters. The number of carbonyl (C=O) groups excluding carboxylic acids is 1. The van der Waals surface area contributed by atoms with Crippen molar-refractivity contribution in [2.45, 2.75) is 32.5 Å². The van der Waals surface area contributed by atoms with Crippen LogP contribution in [0, 0.1) is 0 Å². The number of carbonyl (C=O) groups is 2. The van der Waals surface area contributed by atoms with Crippen molar-refractivity contribution in [2.24, 2.45) is 0 Å². The van der Waals surface area contributed by atoms with Crippen LogP contribution in [-0.2, 0) is 6.54 Å². The van der Waals surface area contributed by atoms with Crippen molar-refractivity contribution in [3.63, 3.8) is 0 Å². The lowest BCUT2D eigenvalue weighted by molar-refractivity contribution is -0.582. The van der Waals surface area contributed by atoms with Crippen LogP contribution in [0.4, 0.5) is 5.69 Å². The smallest absolute Gasteiger partial charge is 0.336 e. The Morgan fingerprint density at radius 1 is 0.918 bits per heavy atom. The Labute approximate surface area is 285 Å². The maximum absolute atomic E-state index is 13.6. The van der Waals surface area contributed by atoms with Crippen molar-refractivity contribution in [3.05, 3.63) is 124 Å². The molecule has 2 saturated heterocycles. The number of benzene rings is 3. The third-order valence-electron chi connectivity index (χ3n) is 10.2. The Hall–Kier alpha value is -5.55. The highest BCUT2D eigenvalue weighted by Crippen LogP contribution is 2.43. The molecular weight excluding hydrogens is 631 g/mol. The van der Waals surface area contributed by atoms with E-state index in [9.17, 15) is 14.7 Å². The minimum Gasteiger partial charge on any atom is -0.478 e. The van der Waals surface area contributed by atoms with Crippen LogP contribution in [0.5, 0.6) is 0 Å². The lowest BCUT2D eigenvalue weighted by atomic mass is 9.86. The van der Waals surface area contributed by atoms with E-state index in [1.165, 1.54) is 41.0 Å². The summed E-state index contributed by atoms with van der Waals surface area (Å²) in [6.07, 6.45) is 10.4. The maximum Gasteiger partial charge on any atom is 0.336 e. The summed E-state index contributed by atoms with van der Waals surface area (Å²) in [4.78, 5) is 28.8. The molecule has 11 heteroatoms. The topological polar surface area (TPSA) is 124 Å². The largest absolute Gasteiger partial charge is 0.478 e. The summed E-state index contributed by atoms with van der Waals surface area (Å²) in [5.74, 6) is -0.885. The predicted octanol–water partition coefficient (Wildman–Crippen LogP) is 4.40. The Morgan fingerprint density at radius 2 is 1.69 bits per heavy atom. The summed E-state index contributed by atoms with van der Waals surface area (Å²) < 4.78 is 2.40. The molecule has 4 aromatic rings. The molecule has 0 bridgehead atoms. The van der Waals surface area contributed by atoms with Gasteiger partial charge in [-0.15, -0.1) is 20.4 Å². The molecule has 2 fully saturated rings. The van der Waals surface area contributed by atoms with Crippen LogP contribution >= 0.6 is 0 Å². The van der Waals surface area contributed by atoms with Crippen LogP contribution in [0.1, 0.15) is 50.2 Å². The Kier molecular flexibility index (Phi) is 7.63. The lowest BCUT2D eigenvalue weighted by Crippen LogP contribution is -2.50. The van der Waals surface area contributed by atoms with Crippen LogP contribution in [-0.4, -0.2) is 81.9 Å². The number of nitrogens with one attached hydrogen (secondary N) is 1. The van der Waals surface area contributed by atoms with E-state index in [1.54, 1.807) is 18.2 Å². The molecule has 0 spiro atoms. The van der Waals surface area contributed by atoms with Gasteiger partial charge in [0.15, 0.2) is 12.0 Å². The number of carboxylic acids is 1. The number of anilines is 1. The third kappa shape index (κ3) is 5.49. The number of carboxylic acid groups (broad SMARTS) is 1. The number of aromatic nitrogens is 4. The van der Waals surface area contributed by atoms with Crippen molar-refractivity contribution in [2.75, 3.05) is 31.1 Å². The fourth-order valence-corrected chi connectivity index (χ4v) is 10.2. The van der Waals surface area contributed by atoms with Gasteiger partial charge in [0.1, 0.15) is 21.2 Å². The van der Waals surface area contributed by atoms with Gasteiger partial charge in [-0.25, -0.2) is 9.37 Å². The van der Waals surface area contributed by atoms with E-state index >= 15 is 0 Å². The molecule has 3 aliphatic heterocycles. The van der Waals surface area contributed by atoms with E-state index in [0.717, 1.165) is 54.0 Å². The lowest BCUT2D eigenvalue weighted by Gasteiger charge is -2.40. The van der Waals surface area contributed by atoms with Gasteiger partial charge < -0.3 is 15.3 Å². The highest BCUT2D eigenvalue weighted by atomic mass is 28.3. The van der Waals surface area contributed by atoms with Crippen molar-refractivity contribution in [3.8, 4) is 11.4 Å². The zero-order chi connectivity index (χ0) is 33.7. The van der Waals surface area contributed by atoms with Crippen molar-refractivity contribution in [1.82, 2.24) is 25.7 Å². The average molecular weight is 667 g/mol. The van der Waals surface area contributed by atoms with Gasteiger partial charge >= 0.3 is 5.97 Å². The second-order valence-electron chi connectivity index (χ2n) is 13.5. The van der Waals surface area contributed by atoms with E-state index in [1.807, 2.05) is 24.3 Å². The van der Waals surface area contributed by atoms with E-state index < -0.39 is 14.0 Å². The first-order valence-electron chi connectivity index (χ1n) is 16.7. The van der Waals surface area contributed by atoms with Gasteiger partial charge in [0.2, 0.25) is 5.82 Å². The number of hydrogen-bond donors (Lipinski definition) is 2. The molecule has 8 rings (SSSR count). The van der Waals surface area contributed by atoms with Crippen LogP contribution < -0.4 is 15.4 Å². The minimum atomic E-state index is -2.21. The second kappa shape index (κ2) is 12.2. The maximum atomic E-state index is 13.6. The first-order valence-corrected chi connectivity index (χ1v) is 19.7. The summed E-state index contributed by atoms with van der Waals surface area (Å²) in [6.45, 7) is 9.29. The molecule has 1 aliphatic carbocycles. The highest BCUT2D eigenvalue weighted by molar-refractivity contribution is 6.98. The van der Waals surface area contributed by atoms with Crippen molar-refractivity contribution in [1.29, 1.82) is 0 Å². The number of allylic oxidation sites excluding steroid dienone is 5. The van der Waals surface area contributed by atoms with E-state index in [0.29, 0.717) is 23.5 Å². The molecule has 1 aromatic heterocycles. The van der Waals surface area contributed by atoms with Crippen LogP contribution in [0.25, 0.3) is 17.0 Å². The fourth-order valence-electron chi connectivity index (χ4n) is 7.11. The molecule has 4 heterocycles. The molecule has 10 nitrogen and oxygen atoms in total. The van der Waals surface area contributed by atoms with Gasteiger partial charge in [0, 0.05) is 48.6 Å². The zero-order valence-electron chi connectivity index (χ0n) is 27.5. The Balaban J connectivity index is 1.18. The van der Waals surface area contributed by atoms with E-state index in [2.05, 4.69) is 84.7 Å². The van der Waals surface area contributed by atoms with Gasteiger partial charge in [-0.05, 0) is 81.0 Å². The molecule has 2 N–H and O–H groups in total. The van der Waals surface area contributed by atoms with E-state index in [-0.39, 0.29) is 11.5 Å². The molecule has 0 unspecified atom stereocenters. The first-order chi connectivity index (χ1) is 23.8. The van der Waals surface area contributed by atoms with Crippen molar-refractivity contribution >= 4 is 42.1 Å². The summed E-state index contributed by atoms with van der Waals surface area (Å²) >= 11 is 0. The van der Waals surface area contributed by atoms with Gasteiger partial charge in [-0.1, -0.05) is 43.4 Å². The van der Waals surface area contributed by atoms with Crippen LogP contribution in [0.2, 0.25) is 13.1 Å². The first kappa shape index (κ1) is 30.8. The third-order valence-corrected chi connectivity index (χ3v) is 13.7. The Morgan fingerprint density at radius 3 is 2.37 bits per heavy atom. The molecule has 4 aliphatic rings. The predicted molar refractivity (Wildman–Crippen MR) is 191 cm³/mol. The van der Waals surface area contributed by atoms with Gasteiger partial charge in [0.25, 0.3) is 5.91 Å². The normalized spacial score (nSPS) is 17.4. The molecule has 244 valence electrons. The van der Waals surface area contributed by atoms with Crippen LogP contribution in [0.3, 0.4) is 0 Å². The highest BCUT2D eigenvalue weighted by Gasteiger charge is 2.42. The Bertz CT molecular complexity index is 2140. The zero-order valence-corrected chi connectivity index (χ0v) is 28.5. The molecule has 1 amide bonds. The molecule has 49 heavy (non-hydrogen) atoms. The summed E-state index contributed by atoms with van der Waals surface area (Å²) in [7, 11) is -2.21. The summed E-state index contributed by atoms with van der Waals surface area (Å²) in [5.41, 5.74) is 8.21. The fraction of sp³-hybridized carbons (Fsp3) is 0.237. The van der Waals surface area contributed by atoms with Gasteiger partial charge in [-0.2, -0.15) is 0 Å². The monoisotopic (exact) mass is 666 g/mol. The number of nitrogens with zero attached hydrogens (tertiary/aromatic N) is 6. The van der Waals surface area contributed by atoms with Gasteiger partial charge in [-0.3, -0.25) is 4.79 Å². The summed E-state index contributed by atoms with van der Waals surface area (Å²) in [6, 6.07) is 19.1. The quantitative estimate of drug-likeness (QED) is 0.220. The van der Waals surface area contributed by atoms with Crippen LogP contribution in [0.15, 0.2) is 96.0 Å². The standard InChI is InChI=1S/C38H35N7O3Si/c1-49(2)33-20-27(44-15-3-16-44)10-13-30(33)35(31-14-11-28(21-34(31)49)45-17-4-18-45)32-19-26(9-12-29(32)38(47)48)37(46)39-22-24-5-7-25(8-6-24)36-42-40-23-41-43-36/h5-14,19-21,23H,3-4,15-18,22H2,1-2H3,(H-,39,46,47,48)/p+1. The van der Waals surface area contributed by atoms with Gasteiger partial charge in [0.05, 0.1) is 12.0 Å². The molecule has 3 aromatic carbocycles. The average Bonchev–Trinajstić information content (AvgIpc) is 3.07. The molecule has 0 radical (unpaired) electrons. The molecule has 0 saturated carbocycles. The number of aromatic carboxylic acids is 1. The number of rotatable bonds is 7. The second-order valence-corrected chi connectivity index (χ2v) is 17.8. The minimum absolute atomic E-state index is 0.172. The summed E-state index contributed by atoms with van der Waals surface area (Å²) in [5, 5.41) is 31.6. The molecular formula is C38H36N7O3Si+.